The van der Waals surface area contributed by atoms with Gasteiger partial charge >= 0.3 is 0 Å². The first-order valence-corrected chi connectivity index (χ1v) is 14.6. The van der Waals surface area contributed by atoms with E-state index in [1.807, 2.05) is 47.4 Å². The van der Waals surface area contributed by atoms with Crippen LogP contribution in [0.5, 0.6) is 0 Å². The molecule has 1 aromatic heterocycles. The van der Waals surface area contributed by atoms with Crippen LogP contribution in [0.25, 0.3) is 0 Å². The molecule has 2 amide bonds. The van der Waals surface area contributed by atoms with Gasteiger partial charge in [0.2, 0.25) is 5.91 Å². The first kappa shape index (κ1) is 29.6. The summed E-state index contributed by atoms with van der Waals surface area (Å²) in [6.45, 7) is 6.37. The molecular formula is C32H42N2O3S. The summed E-state index contributed by atoms with van der Waals surface area (Å²) in [5.41, 5.74) is 4.13. The second-order valence-corrected chi connectivity index (χ2v) is 10.8. The Morgan fingerprint density at radius 1 is 0.842 bits per heavy atom. The van der Waals surface area contributed by atoms with Crippen LogP contribution >= 0.6 is 11.3 Å². The Kier molecular flexibility index (Phi) is 12.5. The summed E-state index contributed by atoms with van der Waals surface area (Å²) in [5, 5.41) is 2.06. The van der Waals surface area contributed by atoms with Crippen LogP contribution in [0.15, 0.2) is 66.0 Å². The van der Waals surface area contributed by atoms with E-state index in [1.54, 1.807) is 23.3 Å². The van der Waals surface area contributed by atoms with Crippen molar-refractivity contribution in [1.82, 2.24) is 9.80 Å². The third-order valence-corrected chi connectivity index (χ3v) is 7.79. The molecule has 0 aliphatic heterocycles. The molecule has 0 saturated heterocycles. The van der Waals surface area contributed by atoms with Gasteiger partial charge in [0.1, 0.15) is 6.54 Å². The number of benzene rings is 2. The summed E-state index contributed by atoms with van der Waals surface area (Å²) in [6, 6.07) is 20.0. The van der Waals surface area contributed by atoms with Gasteiger partial charge < -0.3 is 14.5 Å². The van der Waals surface area contributed by atoms with Crippen LogP contribution in [0.2, 0.25) is 0 Å². The van der Waals surface area contributed by atoms with Crippen molar-refractivity contribution in [3.63, 3.8) is 0 Å². The number of amides is 2. The average Bonchev–Trinajstić information content (AvgIpc) is 3.34. The number of methoxy groups -OCH3 is 1. The lowest BCUT2D eigenvalue weighted by molar-refractivity contribution is -0.133. The Morgan fingerprint density at radius 3 is 2.26 bits per heavy atom. The second-order valence-electron chi connectivity index (χ2n) is 9.84. The standard InChI is InChI=1S/C32H42N2O3S/c1-4-5-6-8-12-27-15-17-29(18-16-27)32(36)33(20-11-21-37-3)25-31(35)34(23-28-13-9-7-10-14-28)24-30-26(2)19-22-38-30/h7,9-10,13-19,22H,4-6,8,11-12,20-21,23-25H2,1-3H3. The van der Waals surface area contributed by atoms with Gasteiger partial charge in [-0.3, -0.25) is 9.59 Å². The highest BCUT2D eigenvalue weighted by molar-refractivity contribution is 7.10. The summed E-state index contributed by atoms with van der Waals surface area (Å²) in [7, 11) is 1.65. The maximum absolute atomic E-state index is 13.7. The van der Waals surface area contributed by atoms with E-state index in [-0.39, 0.29) is 18.4 Å². The minimum absolute atomic E-state index is 0.0403. The van der Waals surface area contributed by atoms with Gasteiger partial charge in [0, 0.05) is 37.2 Å². The zero-order valence-corrected chi connectivity index (χ0v) is 24.0. The number of rotatable bonds is 16. The Bertz CT molecular complexity index is 1110. The van der Waals surface area contributed by atoms with Gasteiger partial charge in [0.05, 0.1) is 6.54 Å². The fraction of sp³-hybridized carbons (Fsp3) is 0.438. The molecule has 3 aromatic rings. The summed E-state index contributed by atoms with van der Waals surface area (Å²) in [6.07, 6.45) is 6.58. The number of nitrogens with zero attached hydrogens (tertiary/aromatic N) is 2. The van der Waals surface area contributed by atoms with Crippen molar-refractivity contribution in [2.24, 2.45) is 0 Å². The second kappa shape index (κ2) is 16.1. The lowest BCUT2D eigenvalue weighted by atomic mass is 10.0. The molecule has 38 heavy (non-hydrogen) atoms. The molecule has 0 saturated carbocycles. The Balaban J connectivity index is 1.73. The fourth-order valence-electron chi connectivity index (χ4n) is 4.44. The zero-order chi connectivity index (χ0) is 27.2. The summed E-state index contributed by atoms with van der Waals surface area (Å²) in [4.78, 5) is 32.0. The van der Waals surface area contributed by atoms with Gasteiger partial charge in [-0.15, -0.1) is 11.3 Å². The number of hydrogen-bond acceptors (Lipinski definition) is 4. The molecule has 0 N–H and O–H groups in total. The highest BCUT2D eigenvalue weighted by Gasteiger charge is 2.23. The number of aryl methyl sites for hydroxylation is 2. The highest BCUT2D eigenvalue weighted by atomic mass is 32.1. The van der Waals surface area contributed by atoms with Crippen LogP contribution in [-0.4, -0.2) is 48.4 Å². The quantitative estimate of drug-likeness (QED) is 0.188. The monoisotopic (exact) mass is 534 g/mol. The molecule has 1 heterocycles. The van der Waals surface area contributed by atoms with Crippen molar-refractivity contribution in [2.75, 3.05) is 26.8 Å². The first-order chi connectivity index (χ1) is 18.5. The smallest absolute Gasteiger partial charge is 0.254 e. The van der Waals surface area contributed by atoms with E-state index >= 15 is 0 Å². The Hall–Kier alpha value is -2.96. The minimum Gasteiger partial charge on any atom is -0.385 e. The Morgan fingerprint density at radius 2 is 1.61 bits per heavy atom. The number of unbranched alkanes of at least 4 members (excludes halogenated alkanes) is 3. The van der Waals surface area contributed by atoms with E-state index < -0.39 is 0 Å². The van der Waals surface area contributed by atoms with Crippen LogP contribution in [0.4, 0.5) is 0 Å². The van der Waals surface area contributed by atoms with E-state index in [1.165, 1.54) is 41.7 Å². The molecule has 0 fully saturated rings. The third-order valence-electron chi connectivity index (χ3n) is 6.78. The minimum atomic E-state index is -0.112. The summed E-state index contributed by atoms with van der Waals surface area (Å²) < 4.78 is 5.23. The average molecular weight is 535 g/mol. The third kappa shape index (κ3) is 9.41. The molecule has 0 aliphatic carbocycles. The van der Waals surface area contributed by atoms with E-state index in [0.29, 0.717) is 38.2 Å². The van der Waals surface area contributed by atoms with Crippen molar-refractivity contribution in [3.8, 4) is 0 Å². The number of thiophene rings is 1. The predicted molar refractivity (Wildman–Crippen MR) is 156 cm³/mol. The molecule has 0 spiro atoms. The lowest BCUT2D eigenvalue weighted by Crippen LogP contribution is -2.43. The number of hydrogen-bond donors (Lipinski definition) is 0. The fourth-order valence-corrected chi connectivity index (χ4v) is 5.36. The van der Waals surface area contributed by atoms with Gasteiger partial charge in [-0.05, 0) is 66.5 Å². The van der Waals surface area contributed by atoms with Gasteiger partial charge in [-0.2, -0.15) is 0 Å². The van der Waals surface area contributed by atoms with Crippen LogP contribution in [-0.2, 0) is 29.0 Å². The van der Waals surface area contributed by atoms with E-state index in [2.05, 4.69) is 37.4 Å². The van der Waals surface area contributed by atoms with Crippen LogP contribution < -0.4 is 0 Å². The van der Waals surface area contributed by atoms with Crippen LogP contribution in [0.1, 0.15) is 71.0 Å². The SMILES string of the molecule is CCCCCCc1ccc(C(=O)N(CCCOC)CC(=O)N(Cc2ccccc2)Cc2sccc2C)cc1. The summed E-state index contributed by atoms with van der Waals surface area (Å²) >= 11 is 1.66. The summed E-state index contributed by atoms with van der Waals surface area (Å²) in [5.74, 6) is -0.168. The highest BCUT2D eigenvalue weighted by Crippen LogP contribution is 2.20. The van der Waals surface area contributed by atoms with Crippen LogP contribution in [0.3, 0.4) is 0 Å². The van der Waals surface area contributed by atoms with Gasteiger partial charge in [0.25, 0.3) is 5.91 Å². The Labute approximate surface area is 232 Å². The van der Waals surface area contributed by atoms with Gasteiger partial charge in [0.15, 0.2) is 0 Å². The largest absolute Gasteiger partial charge is 0.385 e. The van der Waals surface area contributed by atoms with E-state index in [9.17, 15) is 9.59 Å². The number of carbonyl (C=O) groups is 2. The van der Waals surface area contributed by atoms with Crippen molar-refractivity contribution < 1.29 is 14.3 Å². The molecule has 6 heteroatoms. The molecule has 0 aliphatic rings. The van der Waals surface area contributed by atoms with E-state index in [0.717, 1.165) is 12.0 Å². The predicted octanol–water partition coefficient (Wildman–Crippen LogP) is 6.89. The molecule has 5 nitrogen and oxygen atoms in total. The first-order valence-electron chi connectivity index (χ1n) is 13.7. The van der Waals surface area contributed by atoms with Crippen molar-refractivity contribution in [3.05, 3.63) is 93.2 Å². The molecule has 0 radical (unpaired) electrons. The van der Waals surface area contributed by atoms with Crippen LogP contribution in [0, 0.1) is 6.92 Å². The zero-order valence-electron chi connectivity index (χ0n) is 23.2. The number of ether oxygens (including phenoxy) is 1. The molecular weight excluding hydrogens is 492 g/mol. The molecule has 0 unspecified atom stereocenters. The molecule has 0 atom stereocenters. The number of carbonyl (C=O) groups excluding carboxylic acids is 2. The maximum Gasteiger partial charge on any atom is 0.254 e. The molecule has 0 bridgehead atoms. The van der Waals surface area contributed by atoms with Gasteiger partial charge in [-0.1, -0.05) is 68.7 Å². The topological polar surface area (TPSA) is 49.9 Å². The molecule has 204 valence electrons. The van der Waals surface area contributed by atoms with E-state index in [4.69, 9.17) is 4.74 Å². The molecule has 3 rings (SSSR count). The lowest BCUT2D eigenvalue weighted by Gasteiger charge is -2.28. The van der Waals surface area contributed by atoms with Crippen molar-refractivity contribution >= 4 is 23.2 Å². The normalized spacial score (nSPS) is 10.9. The van der Waals surface area contributed by atoms with Gasteiger partial charge in [-0.25, -0.2) is 0 Å². The van der Waals surface area contributed by atoms with Crippen molar-refractivity contribution in [2.45, 2.75) is 65.5 Å². The van der Waals surface area contributed by atoms with Crippen molar-refractivity contribution in [1.29, 1.82) is 0 Å². The maximum atomic E-state index is 13.7. The molecule has 2 aromatic carbocycles.